The highest BCUT2D eigenvalue weighted by Gasteiger charge is 2.35. The Balaban J connectivity index is 1.76. The number of amides is 2. The summed E-state index contributed by atoms with van der Waals surface area (Å²) in [6.45, 7) is 2.94. The van der Waals surface area contributed by atoms with Gasteiger partial charge < -0.3 is 15.0 Å². The van der Waals surface area contributed by atoms with Crippen molar-refractivity contribution in [3.63, 3.8) is 0 Å². The summed E-state index contributed by atoms with van der Waals surface area (Å²) in [6.07, 6.45) is 5.19. The molecule has 0 saturated heterocycles. The van der Waals surface area contributed by atoms with Crippen LogP contribution in [0.25, 0.3) is 0 Å². The molecule has 0 radical (unpaired) electrons. The molecule has 0 aliphatic heterocycles. The Morgan fingerprint density at radius 1 is 0.956 bits per heavy atom. The van der Waals surface area contributed by atoms with Crippen LogP contribution in [0.15, 0.2) is 65.6 Å². The van der Waals surface area contributed by atoms with E-state index >= 15 is 0 Å². The van der Waals surface area contributed by atoms with Crippen molar-refractivity contribution in [3.8, 4) is 5.75 Å². The summed E-state index contributed by atoms with van der Waals surface area (Å²) in [5, 5.41) is 3.95. The third-order valence-electron chi connectivity index (χ3n) is 8.04. The number of carbonyl (C=O) groups is 2. The minimum absolute atomic E-state index is 0.00405. The van der Waals surface area contributed by atoms with Gasteiger partial charge in [0.2, 0.25) is 11.8 Å². The van der Waals surface area contributed by atoms with Gasteiger partial charge in [-0.2, -0.15) is 0 Å². The molecule has 0 heterocycles. The number of carbonyl (C=O) groups excluding carboxylic acids is 2. The van der Waals surface area contributed by atoms with E-state index in [1.54, 1.807) is 30.3 Å². The Labute approximate surface area is 280 Å². The second-order valence-electron chi connectivity index (χ2n) is 11.1. The van der Waals surface area contributed by atoms with E-state index in [9.17, 15) is 18.0 Å². The first-order valence-electron chi connectivity index (χ1n) is 14.9. The average Bonchev–Trinajstić information content (AvgIpc) is 3.01. The molecule has 1 saturated carbocycles. The van der Waals surface area contributed by atoms with Crippen LogP contribution >= 0.6 is 34.8 Å². The maximum atomic E-state index is 14.4. The molecule has 3 aromatic rings. The molecule has 45 heavy (non-hydrogen) atoms. The SMILES string of the molecule is CCC(C(=O)NC1CCCCC1)N(Cc1c(Cl)cccc1Cl)C(=O)CN(c1ccc(OC)c(Cl)c1)S(=O)(=O)c1ccc(C)cc1. The van der Waals surface area contributed by atoms with E-state index < -0.39 is 28.5 Å². The van der Waals surface area contributed by atoms with Crippen molar-refractivity contribution in [1.29, 1.82) is 0 Å². The van der Waals surface area contributed by atoms with Crippen LogP contribution in [-0.2, 0) is 26.2 Å². The summed E-state index contributed by atoms with van der Waals surface area (Å²) in [5.74, 6) is -0.569. The van der Waals surface area contributed by atoms with Crippen LogP contribution in [-0.4, -0.2) is 50.9 Å². The molecule has 12 heteroatoms. The summed E-state index contributed by atoms with van der Waals surface area (Å²) in [7, 11) is -2.82. The average molecular weight is 695 g/mol. The molecule has 1 N–H and O–H groups in total. The molecule has 1 fully saturated rings. The van der Waals surface area contributed by atoms with Crippen molar-refractivity contribution in [2.45, 2.75) is 75.9 Å². The third kappa shape index (κ3) is 8.44. The number of nitrogens with zero attached hydrogens (tertiary/aromatic N) is 2. The molecule has 8 nitrogen and oxygen atoms in total. The van der Waals surface area contributed by atoms with Crippen molar-refractivity contribution in [2.75, 3.05) is 18.0 Å². The lowest BCUT2D eigenvalue weighted by Gasteiger charge is -2.35. The lowest BCUT2D eigenvalue weighted by Crippen LogP contribution is -2.54. The van der Waals surface area contributed by atoms with Crippen LogP contribution in [0.5, 0.6) is 5.75 Å². The molecule has 2 amide bonds. The van der Waals surface area contributed by atoms with Crippen molar-refractivity contribution >= 4 is 62.3 Å². The summed E-state index contributed by atoms with van der Waals surface area (Å²) < 4.78 is 34.5. The van der Waals surface area contributed by atoms with Gasteiger partial charge in [-0.25, -0.2) is 8.42 Å². The number of ether oxygens (including phenoxy) is 1. The number of halogens is 3. The minimum Gasteiger partial charge on any atom is -0.495 e. The van der Waals surface area contributed by atoms with E-state index in [4.69, 9.17) is 39.5 Å². The molecule has 1 atom stereocenters. The third-order valence-corrected chi connectivity index (χ3v) is 10.8. The Hall–Kier alpha value is -2.98. The number of aryl methyl sites for hydroxylation is 1. The molecule has 1 aliphatic carbocycles. The standard InChI is InChI=1S/C33H38Cl3N3O5S/c1-4-30(33(41)37-23-9-6-5-7-10-23)38(20-26-27(34)11-8-12-28(26)35)32(40)21-39(24-15-18-31(44-3)29(36)19-24)45(42,43)25-16-13-22(2)14-17-25/h8,11-19,23,30H,4-7,9-10,20-21H2,1-3H3,(H,37,41). The van der Waals surface area contributed by atoms with Crippen molar-refractivity contribution in [1.82, 2.24) is 10.2 Å². The van der Waals surface area contributed by atoms with Crippen LogP contribution < -0.4 is 14.4 Å². The van der Waals surface area contributed by atoms with Crippen LogP contribution in [0.3, 0.4) is 0 Å². The Morgan fingerprint density at radius 3 is 2.18 bits per heavy atom. The second kappa shape index (κ2) is 15.5. The highest BCUT2D eigenvalue weighted by atomic mass is 35.5. The fourth-order valence-electron chi connectivity index (χ4n) is 5.49. The quantitative estimate of drug-likeness (QED) is 0.213. The summed E-state index contributed by atoms with van der Waals surface area (Å²) >= 11 is 19.5. The minimum atomic E-state index is -4.27. The monoisotopic (exact) mass is 693 g/mol. The molecule has 242 valence electrons. The van der Waals surface area contributed by atoms with Crippen LogP contribution in [0, 0.1) is 6.92 Å². The molecule has 1 aliphatic rings. The first kappa shape index (κ1) is 34.9. The number of sulfonamides is 1. The Morgan fingerprint density at radius 2 is 1.60 bits per heavy atom. The smallest absolute Gasteiger partial charge is 0.264 e. The van der Waals surface area contributed by atoms with Gasteiger partial charge in [-0.05, 0) is 68.7 Å². The predicted octanol–water partition coefficient (Wildman–Crippen LogP) is 7.42. The molecule has 4 rings (SSSR count). The maximum Gasteiger partial charge on any atom is 0.264 e. The Kier molecular flexibility index (Phi) is 12.0. The number of methoxy groups -OCH3 is 1. The van der Waals surface area contributed by atoms with E-state index in [0.29, 0.717) is 21.4 Å². The van der Waals surface area contributed by atoms with E-state index in [2.05, 4.69) is 5.32 Å². The van der Waals surface area contributed by atoms with Crippen molar-refractivity contribution < 1.29 is 22.7 Å². The molecule has 0 spiro atoms. The molecular formula is C33H38Cl3N3O5S. The van der Waals surface area contributed by atoms with Gasteiger partial charge >= 0.3 is 0 Å². The van der Waals surface area contributed by atoms with Gasteiger partial charge in [0.1, 0.15) is 18.3 Å². The predicted molar refractivity (Wildman–Crippen MR) is 180 cm³/mol. The van der Waals surface area contributed by atoms with Gasteiger partial charge in [0.15, 0.2) is 0 Å². The highest BCUT2D eigenvalue weighted by molar-refractivity contribution is 7.92. The molecular weight excluding hydrogens is 657 g/mol. The van der Waals surface area contributed by atoms with Crippen LogP contribution in [0.1, 0.15) is 56.6 Å². The van der Waals surface area contributed by atoms with Crippen molar-refractivity contribution in [3.05, 3.63) is 86.9 Å². The maximum absolute atomic E-state index is 14.4. The second-order valence-corrected chi connectivity index (χ2v) is 14.2. The van der Waals surface area contributed by atoms with E-state index in [0.717, 1.165) is 42.0 Å². The molecule has 3 aromatic carbocycles. The first-order chi connectivity index (χ1) is 21.5. The zero-order chi connectivity index (χ0) is 32.7. The first-order valence-corrected chi connectivity index (χ1v) is 17.5. The summed E-state index contributed by atoms with van der Waals surface area (Å²) in [4.78, 5) is 29.5. The topological polar surface area (TPSA) is 96.0 Å². The van der Waals surface area contributed by atoms with Crippen LogP contribution in [0.4, 0.5) is 5.69 Å². The number of nitrogens with one attached hydrogen (secondary N) is 1. The van der Waals surface area contributed by atoms with Gasteiger partial charge in [-0.3, -0.25) is 13.9 Å². The van der Waals surface area contributed by atoms with Crippen molar-refractivity contribution in [2.24, 2.45) is 0 Å². The summed E-state index contributed by atoms with van der Waals surface area (Å²) in [6, 6.07) is 14.9. The fraction of sp³-hybridized carbons (Fsp3) is 0.394. The number of hydrogen-bond acceptors (Lipinski definition) is 5. The Bertz CT molecular complexity index is 1590. The van der Waals surface area contributed by atoms with Crippen LogP contribution in [0.2, 0.25) is 15.1 Å². The fourth-order valence-corrected chi connectivity index (χ4v) is 7.67. The zero-order valence-electron chi connectivity index (χ0n) is 25.6. The summed E-state index contributed by atoms with van der Waals surface area (Å²) in [5.41, 5.74) is 1.49. The van der Waals surface area contributed by atoms with Gasteiger partial charge in [-0.15, -0.1) is 0 Å². The molecule has 0 aromatic heterocycles. The zero-order valence-corrected chi connectivity index (χ0v) is 28.6. The lowest BCUT2D eigenvalue weighted by atomic mass is 9.95. The lowest BCUT2D eigenvalue weighted by molar-refractivity contribution is -0.140. The van der Waals surface area contributed by atoms with Gasteiger partial charge in [-0.1, -0.05) is 84.8 Å². The van der Waals surface area contributed by atoms with Gasteiger partial charge in [0, 0.05) is 28.2 Å². The van der Waals surface area contributed by atoms with Gasteiger partial charge in [0.05, 0.1) is 22.7 Å². The van der Waals surface area contributed by atoms with E-state index in [1.807, 2.05) is 13.8 Å². The van der Waals surface area contributed by atoms with Gasteiger partial charge in [0.25, 0.3) is 10.0 Å². The number of rotatable bonds is 12. The van der Waals surface area contributed by atoms with E-state index in [-0.39, 0.29) is 40.5 Å². The normalized spacial score (nSPS) is 14.4. The van der Waals surface area contributed by atoms with E-state index in [1.165, 1.54) is 42.3 Å². The molecule has 0 bridgehead atoms. The highest BCUT2D eigenvalue weighted by Crippen LogP contribution is 2.33. The molecule has 1 unspecified atom stereocenters. The number of hydrogen-bond donors (Lipinski definition) is 1. The number of benzene rings is 3. The largest absolute Gasteiger partial charge is 0.495 e. The number of anilines is 1.